The highest BCUT2D eigenvalue weighted by Gasteiger charge is 2.12. The maximum atomic E-state index is 12.2. The lowest BCUT2D eigenvalue weighted by Gasteiger charge is -2.05. The average Bonchev–Trinajstić information content (AvgIpc) is 3.15. The number of carbonyl (C=O) groups excluding carboxylic acids is 1. The van der Waals surface area contributed by atoms with Gasteiger partial charge in [0.2, 0.25) is 0 Å². The monoisotopic (exact) mass is 389 g/mol. The van der Waals surface area contributed by atoms with Crippen molar-refractivity contribution >= 4 is 29.1 Å². The maximum Gasteiger partial charge on any atom is 0.287 e. The summed E-state index contributed by atoms with van der Waals surface area (Å²) < 4.78 is 10.8. The van der Waals surface area contributed by atoms with Gasteiger partial charge < -0.3 is 14.5 Å². The van der Waals surface area contributed by atoms with Crippen molar-refractivity contribution in [2.24, 2.45) is 0 Å². The van der Waals surface area contributed by atoms with E-state index in [1.807, 2.05) is 24.3 Å². The number of furan rings is 1. The normalized spacial score (nSPS) is 10.6. The van der Waals surface area contributed by atoms with Crippen LogP contribution in [-0.4, -0.2) is 19.6 Å². The smallest absolute Gasteiger partial charge is 0.287 e. The molecule has 1 aromatic heterocycles. The van der Waals surface area contributed by atoms with Gasteiger partial charge in [-0.2, -0.15) is 0 Å². The van der Waals surface area contributed by atoms with E-state index in [4.69, 9.17) is 32.4 Å². The lowest BCUT2D eigenvalue weighted by molar-refractivity contribution is 0.0927. The van der Waals surface area contributed by atoms with Crippen LogP contribution in [0.1, 0.15) is 16.1 Å². The van der Waals surface area contributed by atoms with Crippen LogP contribution in [0.25, 0.3) is 11.3 Å². The summed E-state index contributed by atoms with van der Waals surface area (Å²) in [6.07, 6.45) is 0.718. The van der Waals surface area contributed by atoms with Crippen molar-refractivity contribution in [2.45, 2.75) is 6.42 Å². The first kappa shape index (κ1) is 18.4. The highest BCUT2D eigenvalue weighted by molar-refractivity contribution is 6.42. The predicted octanol–water partition coefficient (Wildman–Crippen LogP) is 5.23. The second kappa shape index (κ2) is 8.30. The molecule has 0 saturated heterocycles. The highest BCUT2D eigenvalue weighted by Crippen LogP contribution is 2.29. The molecule has 6 heteroatoms. The number of ether oxygens (including phenoxy) is 1. The Bertz CT molecular complexity index is 904. The standard InChI is InChI=1S/C20H17Cl2NO3/c1-25-15-5-2-13(3-6-15)10-11-23-20(24)19-9-8-18(26-19)14-4-7-16(21)17(22)12-14/h2-9,12H,10-11H2,1H3,(H,23,24). The second-order valence-electron chi connectivity index (χ2n) is 5.65. The largest absolute Gasteiger partial charge is 0.497 e. The van der Waals surface area contributed by atoms with Gasteiger partial charge in [0.25, 0.3) is 5.91 Å². The maximum absolute atomic E-state index is 12.2. The van der Waals surface area contributed by atoms with Gasteiger partial charge in [0, 0.05) is 12.1 Å². The van der Waals surface area contributed by atoms with Gasteiger partial charge in [-0.15, -0.1) is 0 Å². The molecular formula is C20H17Cl2NO3. The Balaban J connectivity index is 1.58. The van der Waals surface area contributed by atoms with E-state index in [9.17, 15) is 4.79 Å². The molecule has 0 atom stereocenters. The summed E-state index contributed by atoms with van der Waals surface area (Å²) in [7, 11) is 1.63. The number of carbonyl (C=O) groups is 1. The second-order valence-corrected chi connectivity index (χ2v) is 6.46. The lowest BCUT2D eigenvalue weighted by atomic mass is 10.1. The van der Waals surface area contributed by atoms with Crippen LogP contribution in [0, 0.1) is 0 Å². The van der Waals surface area contributed by atoms with Gasteiger partial charge >= 0.3 is 0 Å². The SMILES string of the molecule is COc1ccc(CCNC(=O)c2ccc(-c3ccc(Cl)c(Cl)c3)o2)cc1. The fourth-order valence-electron chi connectivity index (χ4n) is 2.46. The third-order valence-corrected chi connectivity index (χ3v) is 4.63. The van der Waals surface area contributed by atoms with Crippen LogP contribution in [-0.2, 0) is 6.42 Å². The first-order valence-corrected chi connectivity index (χ1v) is 8.79. The van der Waals surface area contributed by atoms with Crippen molar-refractivity contribution in [3.8, 4) is 17.1 Å². The van der Waals surface area contributed by atoms with Gasteiger partial charge in [0.05, 0.1) is 17.2 Å². The Morgan fingerprint density at radius 3 is 2.50 bits per heavy atom. The van der Waals surface area contributed by atoms with Crippen molar-refractivity contribution < 1.29 is 13.9 Å². The summed E-state index contributed by atoms with van der Waals surface area (Å²) in [6.45, 7) is 0.508. The molecule has 0 fully saturated rings. The molecule has 0 saturated carbocycles. The van der Waals surface area contributed by atoms with Gasteiger partial charge in [0.15, 0.2) is 5.76 Å². The van der Waals surface area contributed by atoms with Crippen LogP contribution >= 0.6 is 23.2 Å². The lowest BCUT2D eigenvalue weighted by Crippen LogP contribution is -2.25. The number of halogens is 2. The van der Waals surface area contributed by atoms with Crippen molar-refractivity contribution in [2.75, 3.05) is 13.7 Å². The number of hydrogen-bond acceptors (Lipinski definition) is 3. The van der Waals surface area contributed by atoms with Gasteiger partial charge in [-0.05, 0) is 54.4 Å². The van der Waals surface area contributed by atoms with Crippen LogP contribution < -0.4 is 10.1 Å². The molecule has 0 bridgehead atoms. The van der Waals surface area contributed by atoms with Crippen molar-refractivity contribution in [3.63, 3.8) is 0 Å². The summed E-state index contributed by atoms with van der Waals surface area (Å²) in [6, 6.07) is 16.3. The van der Waals surface area contributed by atoms with Crippen LogP contribution in [0.2, 0.25) is 10.0 Å². The average molecular weight is 390 g/mol. The van der Waals surface area contributed by atoms with Crippen LogP contribution in [0.3, 0.4) is 0 Å². The van der Waals surface area contributed by atoms with E-state index in [2.05, 4.69) is 5.32 Å². The van der Waals surface area contributed by atoms with Crippen molar-refractivity contribution in [3.05, 3.63) is 76.0 Å². The van der Waals surface area contributed by atoms with Gasteiger partial charge in [0.1, 0.15) is 11.5 Å². The molecule has 1 amide bonds. The quantitative estimate of drug-likeness (QED) is 0.627. The van der Waals surface area contributed by atoms with E-state index in [1.54, 1.807) is 37.4 Å². The zero-order valence-corrected chi connectivity index (χ0v) is 15.6. The number of nitrogens with one attached hydrogen (secondary N) is 1. The van der Waals surface area contributed by atoms with E-state index in [1.165, 1.54) is 0 Å². The topological polar surface area (TPSA) is 51.5 Å². The molecule has 3 aromatic rings. The predicted molar refractivity (Wildman–Crippen MR) is 103 cm³/mol. The number of benzene rings is 2. The van der Waals surface area contributed by atoms with E-state index >= 15 is 0 Å². The van der Waals surface area contributed by atoms with Crippen LogP contribution in [0.4, 0.5) is 0 Å². The Kier molecular flexibility index (Phi) is 5.86. The van der Waals surface area contributed by atoms with Gasteiger partial charge in [-0.1, -0.05) is 35.3 Å². The summed E-state index contributed by atoms with van der Waals surface area (Å²) in [5, 5.41) is 3.76. The first-order chi connectivity index (χ1) is 12.6. The summed E-state index contributed by atoms with van der Waals surface area (Å²) in [5.41, 5.74) is 1.87. The summed E-state index contributed by atoms with van der Waals surface area (Å²) >= 11 is 11.9. The fourth-order valence-corrected chi connectivity index (χ4v) is 2.76. The molecule has 2 aromatic carbocycles. The van der Waals surface area contributed by atoms with Crippen LogP contribution in [0.15, 0.2) is 59.0 Å². The molecular weight excluding hydrogens is 373 g/mol. The zero-order chi connectivity index (χ0) is 18.5. The molecule has 0 spiro atoms. The number of amides is 1. The molecule has 4 nitrogen and oxygen atoms in total. The number of hydrogen-bond donors (Lipinski definition) is 1. The minimum Gasteiger partial charge on any atom is -0.497 e. The van der Waals surface area contributed by atoms with Crippen molar-refractivity contribution in [1.82, 2.24) is 5.32 Å². The van der Waals surface area contributed by atoms with Gasteiger partial charge in [-0.3, -0.25) is 4.79 Å². The highest BCUT2D eigenvalue weighted by atomic mass is 35.5. The number of methoxy groups -OCH3 is 1. The van der Waals surface area contributed by atoms with Gasteiger partial charge in [-0.25, -0.2) is 0 Å². The molecule has 0 aliphatic carbocycles. The van der Waals surface area contributed by atoms with E-state index < -0.39 is 0 Å². The molecule has 0 unspecified atom stereocenters. The molecule has 26 heavy (non-hydrogen) atoms. The first-order valence-electron chi connectivity index (χ1n) is 8.03. The third-order valence-electron chi connectivity index (χ3n) is 3.89. The molecule has 134 valence electrons. The van der Waals surface area contributed by atoms with E-state index in [-0.39, 0.29) is 11.7 Å². The Morgan fingerprint density at radius 2 is 1.81 bits per heavy atom. The molecule has 3 rings (SSSR count). The van der Waals surface area contributed by atoms with E-state index in [0.29, 0.717) is 22.4 Å². The zero-order valence-electron chi connectivity index (χ0n) is 14.1. The molecule has 0 radical (unpaired) electrons. The van der Waals surface area contributed by atoms with E-state index in [0.717, 1.165) is 23.3 Å². The molecule has 1 heterocycles. The Labute approximate surface area is 161 Å². The van der Waals surface area contributed by atoms with Crippen molar-refractivity contribution in [1.29, 1.82) is 0 Å². The Hall–Kier alpha value is -2.43. The third kappa shape index (κ3) is 4.40. The molecule has 0 aliphatic rings. The molecule has 1 N–H and O–H groups in total. The number of rotatable bonds is 6. The summed E-state index contributed by atoms with van der Waals surface area (Å²) in [4.78, 5) is 12.2. The minimum atomic E-state index is -0.259. The molecule has 0 aliphatic heterocycles. The minimum absolute atomic E-state index is 0.251. The Morgan fingerprint density at radius 1 is 1.04 bits per heavy atom. The van der Waals surface area contributed by atoms with Crippen LogP contribution in [0.5, 0.6) is 5.75 Å². The summed E-state index contributed by atoms with van der Waals surface area (Å²) in [5.74, 6) is 1.36. The fraction of sp³-hybridized carbons (Fsp3) is 0.150.